The van der Waals surface area contributed by atoms with Gasteiger partial charge in [0.25, 0.3) is 0 Å². The molecule has 0 radical (unpaired) electrons. The highest BCUT2D eigenvalue weighted by Crippen LogP contribution is 2.28. The number of pyridine rings is 1. The summed E-state index contributed by atoms with van der Waals surface area (Å²) in [6.45, 7) is 2.41. The number of aliphatic hydroxyl groups excluding tert-OH is 1. The van der Waals surface area contributed by atoms with Gasteiger partial charge in [0.2, 0.25) is 0 Å². The Balaban J connectivity index is 1.65. The molecule has 3 nitrogen and oxygen atoms in total. The largest absolute Gasteiger partial charge is 0.395 e. The Labute approximate surface area is 134 Å². The fourth-order valence-electron chi connectivity index (χ4n) is 2.89. The summed E-state index contributed by atoms with van der Waals surface area (Å²) in [5, 5.41) is 11.2. The lowest BCUT2D eigenvalue weighted by atomic mass is 10.2. The molecular weight excluding hydrogens is 304 g/mol. The predicted octanol–water partition coefficient (Wildman–Crippen LogP) is 3.44. The van der Waals surface area contributed by atoms with Crippen molar-refractivity contribution < 1.29 is 5.11 Å². The van der Waals surface area contributed by atoms with Crippen LogP contribution in [0.4, 0.5) is 0 Å². The monoisotopic (exact) mass is 322 g/mol. The maximum Gasteiger partial charge on any atom is 0.0728 e. The quantitative estimate of drug-likeness (QED) is 0.856. The molecule has 1 aromatic heterocycles. The summed E-state index contributed by atoms with van der Waals surface area (Å²) in [7, 11) is 0. The SMILES string of the molecule is OCC1CCCN1CCSc1ccnc2cc(Cl)ccc12. The van der Waals surface area contributed by atoms with Crippen LogP contribution in [0.25, 0.3) is 10.9 Å². The molecule has 3 rings (SSSR count). The van der Waals surface area contributed by atoms with E-state index in [0.717, 1.165) is 41.2 Å². The second-order valence-electron chi connectivity index (χ2n) is 5.33. The first-order chi connectivity index (χ1) is 10.3. The molecule has 2 heterocycles. The van der Waals surface area contributed by atoms with Crippen LogP contribution >= 0.6 is 23.4 Å². The van der Waals surface area contributed by atoms with Crippen LogP contribution in [0.15, 0.2) is 35.4 Å². The van der Waals surface area contributed by atoms with Crippen LogP contribution in [0.2, 0.25) is 5.02 Å². The zero-order valence-corrected chi connectivity index (χ0v) is 13.4. The third-order valence-corrected chi connectivity index (χ3v) is 5.30. The van der Waals surface area contributed by atoms with E-state index in [1.807, 2.05) is 36.2 Å². The molecule has 1 aromatic carbocycles. The van der Waals surface area contributed by atoms with Gasteiger partial charge in [0.15, 0.2) is 0 Å². The molecule has 2 aromatic rings. The molecule has 112 valence electrons. The lowest BCUT2D eigenvalue weighted by Gasteiger charge is -2.22. The average Bonchev–Trinajstić information content (AvgIpc) is 2.94. The maximum absolute atomic E-state index is 9.35. The summed E-state index contributed by atoms with van der Waals surface area (Å²) in [5.74, 6) is 1.03. The molecule has 1 unspecified atom stereocenters. The normalized spacial score (nSPS) is 19.4. The first kappa shape index (κ1) is 15.1. The first-order valence-electron chi connectivity index (χ1n) is 7.30. The number of aliphatic hydroxyl groups is 1. The molecule has 1 saturated heterocycles. The van der Waals surface area contributed by atoms with Gasteiger partial charge in [-0.15, -0.1) is 11.8 Å². The Hall–Kier alpha value is -0.810. The highest BCUT2D eigenvalue weighted by Gasteiger charge is 2.22. The van der Waals surface area contributed by atoms with E-state index in [0.29, 0.717) is 6.04 Å². The van der Waals surface area contributed by atoms with E-state index in [4.69, 9.17) is 11.6 Å². The van der Waals surface area contributed by atoms with Crippen molar-refractivity contribution in [2.24, 2.45) is 0 Å². The van der Waals surface area contributed by atoms with Gasteiger partial charge in [-0.05, 0) is 37.6 Å². The molecule has 0 amide bonds. The zero-order valence-electron chi connectivity index (χ0n) is 11.8. The van der Waals surface area contributed by atoms with Crippen molar-refractivity contribution >= 4 is 34.3 Å². The lowest BCUT2D eigenvalue weighted by Crippen LogP contribution is -2.33. The van der Waals surface area contributed by atoms with Crippen LogP contribution in [0.5, 0.6) is 0 Å². The third kappa shape index (κ3) is 3.51. The minimum atomic E-state index is 0.279. The molecule has 1 aliphatic rings. The number of rotatable bonds is 5. The number of aromatic nitrogens is 1. The number of halogens is 1. The number of fused-ring (bicyclic) bond motifs is 1. The van der Waals surface area contributed by atoms with E-state index in [1.54, 1.807) is 0 Å². The van der Waals surface area contributed by atoms with Crippen molar-refractivity contribution in [2.45, 2.75) is 23.8 Å². The molecular formula is C16H19ClN2OS. The summed E-state index contributed by atoms with van der Waals surface area (Å²) in [5.41, 5.74) is 0.946. The molecule has 1 fully saturated rings. The van der Waals surface area contributed by atoms with Crippen molar-refractivity contribution in [3.63, 3.8) is 0 Å². The van der Waals surface area contributed by atoms with Crippen molar-refractivity contribution in [2.75, 3.05) is 25.4 Å². The summed E-state index contributed by atoms with van der Waals surface area (Å²) < 4.78 is 0. The van der Waals surface area contributed by atoms with Crippen molar-refractivity contribution in [3.05, 3.63) is 35.5 Å². The Morgan fingerprint density at radius 1 is 1.38 bits per heavy atom. The first-order valence-corrected chi connectivity index (χ1v) is 8.66. The van der Waals surface area contributed by atoms with E-state index in [1.165, 1.54) is 11.3 Å². The Morgan fingerprint density at radius 3 is 3.14 bits per heavy atom. The molecule has 0 saturated carbocycles. The molecule has 0 bridgehead atoms. The fourth-order valence-corrected chi connectivity index (χ4v) is 4.09. The van der Waals surface area contributed by atoms with Crippen LogP contribution in [0, 0.1) is 0 Å². The van der Waals surface area contributed by atoms with E-state index >= 15 is 0 Å². The Morgan fingerprint density at radius 2 is 2.29 bits per heavy atom. The molecule has 1 aliphatic heterocycles. The van der Waals surface area contributed by atoms with Gasteiger partial charge in [-0.2, -0.15) is 0 Å². The lowest BCUT2D eigenvalue weighted by molar-refractivity contribution is 0.165. The molecule has 1 atom stereocenters. The van der Waals surface area contributed by atoms with Gasteiger partial charge in [-0.3, -0.25) is 9.88 Å². The summed E-state index contributed by atoms with van der Waals surface area (Å²) in [6.07, 6.45) is 4.16. The minimum absolute atomic E-state index is 0.279. The summed E-state index contributed by atoms with van der Waals surface area (Å²) in [4.78, 5) is 8.02. The summed E-state index contributed by atoms with van der Waals surface area (Å²) in [6, 6.07) is 8.29. The van der Waals surface area contributed by atoms with Gasteiger partial charge in [-0.25, -0.2) is 0 Å². The summed E-state index contributed by atoms with van der Waals surface area (Å²) >= 11 is 7.87. The van der Waals surface area contributed by atoms with Gasteiger partial charge in [0, 0.05) is 39.8 Å². The van der Waals surface area contributed by atoms with Crippen LogP contribution < -0.4 is 0 Å². The second kappa shape index (κ2) is 6.97. The van der Waals surface area contributed by atoms with Crippen LogP contribution in [0.1, 0.15) is 12.8 Å². The molecule has 21 heavy (non-hydrogen) atoms. The Kier molecular flexibility index (Phi) is 5.01. The van der Waals surface area contributed by atoms with Gasteiger partial charge >= 0.3 is 0 Å². The van der Waals surface area contributed by atoms with Gasteiger partial charge in [-0.1, -0.05) is 17.7 Å². The smallest absolute Gasteiger partial charge is 0.0728 e. The molecule has 0 spiro atoms. The molecule has 1 N–H and O–H groups in total. The van der Waals surface area contributed by atoms with Crippen LogP contribution in [-0.2, 0) is 0 Å². The molecule has 0 aliphatic carbocycles. The van der Waals surface area contributed by atoms with Gasteiger partial charge in [0.1, 0.15) is 0 Å². The van der Waals surface area contributed by atoms with Crippen LogP contribution in [-0.4, -0.2) is 46.5 Å². The average molecular weight is 323 g/mol. The topological polar surface area (TPSA) is 36.4 Å². The van der Waals surface area contributed by atoms with E-state index < -0.39 is 0 Å². The maximum atomic E-state index is 9.35. The minimum Gasteiger partial charge on any atom is -0.395 e. The predicted molar refractivity (Wildman–Crippen MR) is 89.2 cm³/mol. The van der Waals surface area contributed by atoms with Gasteiger partial charge in [0.05, 0.1) is 12.1 Å². The standard InChI is InChI=1S/C16H19ClN2OS/c17-12-3-4-14-15(10-12)18-6-5-16(14)21-9-8-19-7-1-2-13(19)11-20/h3-6,10,13,20H,1-2,7-9,11H2. The Bertz CT molecular complexity index is 622. The fraction of sp³-hybridized carbons (Fsp3) is 0.438. The number of thioether (sulfide) groups is 1. The number of likely N-dealkylation sites (tertiary alicyclic amines) is 1. The number of benzene rings is 1. The van der Waals surface area contributed by atoms with Crippen molar-refractivity contribution in [1.82, 2.24) is 9.88 Å². The highest BCUT2D eigenvalue weighted by atomic mass is 35.5. The zero-order chi connectivity index (χ0) is 14.7. The highest BCUT2D eigenvalue weighted by molar-refractivity contribution is 7.99. The molecule has 5 heteroatoms. The van der Waals surface area contributed by atoms with E-state index in [-0.39, 0.29) is 6.61 Å². The second-order valence-corrected chi connectivity index (χ2v) is 6.91. The van der Waals surface area contributed by atoms with E-state index in [9.17, 15) is 5.11 Å². The number of hydrogen-bond donors (Lipinski definition) is 1. The van der Waals surface area contributed by atoms with Crippen molar-refractivity contribution in [1.29, 1.82) is 0 Å². The van der Waals surface area contributed by atoms with Crippen LogP contribution in [0.3, 0.4) is 0 Å². The third-order valence-electron chi connectivity index (χ3n) is 4.01. The van der Waals surface area contributed by atoms with E-state index in [2.05, 4.69) is 16.0 Å². The number of hydrogen-bond acceptors (Lipinski definition) is 4. The van der Waals surface area contributed by atoms with Gasteiger partial charge < -0.3 is 5.11 Å². The van der Waals surface area contributed by atoms with Crippen molar-refractivity contribution in [3.8, 4) is 0 Å². The number of nitrogens with zero attached hydrogens (tertiary/aromatic N) is 2.